The first-order valence-corrected chi connectivity index (χ1v) is 8.73. The molecule has 3 rings (SSSR count). The van der Waals surface area contributed by atoms with Crippen LogP contribution in [0.3, 0.4) is 0 Å². The third-order valence-electron chi connectivity index (χ3n) is 4.15. The highest BCUT2D eigenvalue weighted by Crippen LogP contribution is 2.25. The van der Waals surface area contributed by atoms with Crippen LogP contribution >= 0.6 is 11.6 Å². The van der Waals surface area contributed by atoms with Gasteiger partial charge in [0.05, 0.1) is 23.5 Å². The van der Waals surface area contributed by atoms with Crippen molar-refractivity contribution in [1.29, 1.82) is 0 Å². The number of hydrogen-bond acceptors (Lipinski definition) is 3. The number of aryl methyl sites for hydroxylation is 1. The van der Waals surface area contributed by atoms with Gasteiger partial charge in [-0.3, -0.25) is 9.78 Å². The molecule has 0 aliphatic rings. The summed E-state index contributed by atoms with van der Waals surface area (Å²) in [4.78, 5) is 16.8. The van der Waals surface area contributed by atoms with Gasteiger partial charge in [0.25, 0.3) is 5.91 Å². The van der Waals surface area contributed by atoms with E-state index >= 15 is 0 Å². The summed E-state index contributed by atoms with van der Waals surface area (Å²) in [5.74, 6) is -0.303. The predicted molar refractivity (Wildman–Crippen MR) is 99.6 cm³/mol. The fraction of sp³-hybridized carbons (Fsp3) is 0.263. The number of carbonyl (C=O) groups excluding carboxylic acids is 1. The Labute approximate surface area is 164 Å². The Morgan fingerprint density at radius 1 is 1.32 bits per heavy atom. The summed E-state index contributed by atoms with van der Waals surface area (Å²) >= 11 is 6.04. The lowest BCUT2D eigenvalue weighted by Gasteiger charge is -2.14. The van der Waals surface area contributed by atoms with Crippen LogP contribution in [0, 0.1) is 0 Å². The van der Waals surface area contributed by atoms with Crippen LogP contribution in [0.25, 0.3) is 10.9 Å². The van der Waals surface area contributed by atoms with Crippen LogP contribution in [-0.4, -0.2) is 28.2 Å². The molecule has 0 spiro atoms. The summed E-state index contributed by atoms with van der Waals surface area (Å²) in [5.41, 5.74) is 1.83. The lowest BCUT2D eigenvalue weighted by molar-refractivity contribution is -0.153. The Hall–Kier alpha value is -2.74. The van der Waals surface area contributed by atoms with Crippen LogP contribution in [0.15, 0.2) is 42.7 Å². The number of hydrogen-bond donors (Lipinski definition) is 1. The molecule has 5 nitrogen and oxygen atoms in total. The molecular weight excluding hydrogens is 395 g/mol. The molecule has 0 aliphatic heterocycles. The van der Waals surface area contributed by atoms with Gasteiger partial charge in [-0.25, -0.2) is 0 Å². The standard InChI is InChI=1S/C19H17ClF3N3O2/c1-11(16-5-4-13(8-24-16)28-10-19(21,22)23)25-18(27)15-9-26(2)17-6-3-12(20)7-14(15)17/h3-9,11H,10H2,1-2H3,(H,25,27)/t11-/m1/s1. The van der Waals surface area contributed by atoms with Crippen LogP contribution in [0.5, 0.6) is 5.75 Å². The van der Waals surface area contributed by atoms with E-state index < -0.39 is 18.8 Å². The Morgan fingerprint density at radius 3 is 2.71 bits per heavy atom. The molecule has 9 heteroatoms. The topological polar surface area (TPSA) is 56.2 Å². The minimum atomic E-state index is -4.42. The highest BCUT2D eigenvalue weighted by molar-refractivity contribution is 6.31. The lowest BCUT2D eigenvalue weighted by atomic mass is 10.1. The van der Waals surface area contributed by atoms with Crippen molar-refractivity contribution in [1.82, 2.24) is 14.9 Å². The normalized spacial score (nSPS) is 12.8. The molecule has 0 aliphatic carbocycles. The van der Waals surface area contributed by atoms with Crippen molar-refractivity contribution in [3.05, 3.63) is 59.0 Å². The monoisotopic (exact) mass is 411 g/mol. The maximum absolute atomic E-state index is 12.7. The largest absolute Gasteiger partial charge is 0.483 e. The van der Waals surface area contributed by atoms with Gasteiger partial charge in [0.15, 0.2) is 6.61 Å². The molecule has 0 saturated heterocycles. The SMILES string of the molecule is C[C@@H](NC(=O)c1cn(C)c2ccc(Cl)cc12)c1ccc(OCC(F)(F)F)cn1. The molecular formula is C19H17ClF3N3O2. The zero-order chi connectivity index (χ0) is 20.5. The number of aromatic nitrogens is 2. The zero-order valence-corrected chi connectivity index (χ0v) is 15.8. The molecule has 1 aromatic carbocycles. The Bertz CT molecular complexity index is 1000. The summed E-state index contributed by atoms with van der Waals surface area (Å²) in [7, 11) is 1.83. The molecule has 1 atom stereocenters. The third-order valence-corrected chi connectivity index (χ3v) is 4.38. The van der Waals surface area contributed by atoms with E-state index in [0.29, 0.717) is 16.3 Å². The van der Waals surface area contributed by atoms with Crippen LogP contribution in [0.4, 0.5) is 13.2 Å². The van der Waals surface area contributed by atoms with Gasteiger partial charge in [-0.05, 0) is 37.3 Å². The Kier molecular flexibility index (Phi) is 5.51. The van der Waals surface area contributed by atoms with Crippen molar-refractivity contribution in [2.45, 2.75) is 19.1 Å². The van der Waals surface area contributed by atoms with Crippen molar-refractivity contribution in [3.8, 4) is 5.75 Å². The van der Waals surface area contributed by atoms with E-state index in [0.717, 1.165) is 10.9 Å². The number of rotatable bonds is 5. The number of amides is 1. The number of fused-ring (bicyclic) bond motifs is 1. The molecule has 1 N–H and O–H groups in total. The molecule has 0 radical (unpaired) electrons. The van der Waals surface area contributed by atoms with E-state index in [2.05, 4.69) is 15.0 Å². The number of benzene rings is 1. The molecule has 2 heterocycles. The van der Waals surface area contributed by atoms with E-state index in [1.165, 1.54) is 18.3 Å². The number of carbonyl (C=O) groups is 1. The van der Waals surface area contributed by atoms with E-state index in [1.807, 2.05) is 17.7 Å². The quantitative estimate of drug-likeness (QED) is 0.664. The van der Waals surface area contributed by atoms with Gasteiger partial charge >= 0.3 is 6.18 Å². The minimum Gasteiger partial charge on any atom is -0.483 e. The van der Waals surface area contributed by atoms with Crippen molar-refractivity contribution in [3.63, 3.8) is 0 Å². The van der Waals surface area contributed by atoms with Gasteiger partial charge in [-0.1, -0.05) is 11.6 Å². The van der Waals surface area contributed by atoms with Crippen LogP contribution < -0.4 is 10.1 Å². The molecule has 0 fully saturated rings. The smallest absolute Gasteiger partial charge is 0.422 e. The van der Waals surface area contributed by atoms with Crippen LogP contribution in [0.1, 0.15) is 29.0 Å². The second-order valence-electron chi connectivity index (χ2n) is 6.33. The average molecular weight is 412 g/mol. The van der Waals surface area contributed by atoms with E-state index in [-0.39, 0.29) is 11.7 Å². The minimum absolute atomic E-state index is 0.00305. The van der Waals surface area contributed by atoms with Gasteiger partial charge < -0.3 is 14.6 Å². The lowest BCUT2D eigenvalue weighted by Crippen LogP contribution is -2.27. The van der Waals surface area contributed by atoms with E-state index in [1.54, 1.807) is 25.3 Å². The number of alkyl halides is 3. The zero-order valence-electron chi connectivity index (χ0n) is 15.0. The Morgan fingerprint density at radius 2 is 2.07 bits per heavy atom. The molecule has 148 valence electrons. The third kappa shape index (κ3) is 4.56. The summed E-state index contributed by atoms with van der Waals surface area (Å²) < 4.78 is 43.0. The van der Waals surface area contributed by atoms with Crippen molar-refractivity contribution in [2.24, 2.45) is 7.05 Å². The first-order valence-electron chi connectivity index (χ1n) is 8.35. The van der Waals surface area contributed by atoms with Gasteiger partial charge in [0.2, 0.25) is 0 Å². The Balaban J connectivity index is 1.72. The number of halogens is 4. The molecule has 3 aromatic rings. The van der Waals surface area contributed by atoms with Gasteiger partial charge in [0, 0.05) is 29.2 Å². The second kappa shape index (κ2) is 7.71. The molecule has 28 heavy (non-hydrogen) atoms. The number of pyridine rings is 1. The fourth-order valence-corrected chi connectivity index (χ4v) is 2.96. The molecule has 0 saturated carbocycles. The highest BCUT2D eigenvalue weighted by Gasteiger charge is 2.28. The first-order chi connectivity index (χ1) is 13.1. The van der Waals surface area contributed by atoms with Crippen molar-refractivity contribution < 1.29 is 22.7 Å². The van der Waals surface area contributed by atoms with Crippen molar-refractivity contribution in [2.75, 3.05) is 6.61 Å². The summed E-state index contributed by atoms with van der Waals surface area (Å²) in [6.45, 7) is 0.346. The van der Waals surface area contributed by atoms with E-state index in [9.17, 15) is 18.0 Å². The maximum Gasteiger partial charge on any atom is 0.422 e. The highest BCUT2D eigenvalue weighted by atomic mass is 35.5. The number of nitrogens with one attached hydrogen (secondary N) is 1. The average Bonchev–Trinajstić information content (AvgIpc) is 2.96. The summed E-state index contributed by atoms with van der Waals surface area (Å²) in [6, 6.07) is 7.74. The van der Waals surface area contributed by atoms with E-state index in [4.69, 9.17) is 11.6 Å². The maximum atomic E-state index is 12.7. The van der Waals surface area contributed by atoms with Gasteiger partial charge in [-0.2, -0.15) is 13.2 Å². The van der Waals surface area contributed by atoms with Crippen LogP contribution in [-0.2, 0) is 7.05 Å². The van der Waals surface area contributed by atoms with Gasteiger partial charge in [0.1, 0.15) is 5.75 Å². The summed E-state index contributed by atoms with van der Waals surface area (Å²) in [6.07, 6.45) is -1.51. The van der Waals surface area contributed by atoms with Gasteiger partial charge in [-0.15, -0.1) is 0 Å². The van der Waals surface area contributed by atoms with Crippen molar-refractivity contribution >= 4 is 28.4 Å². The molecule has 0 bridgehead atoms. The van der Waals surface area contributed by atoms with Crippen LogP contribution in [0.2, 0.25) is 5.02 Å². The number of ether oxygens (including phenoxy) is 1. The number of nitrogens with zero attached hydrogens (tertiary/aromatic N) is 2. The first kappa shape index (κ1) is 20.0. The second-order valence-corrected chi connectivity index (χ2v) is 6.77. The molecule has 1 amide bonds. The fourth-order valence-electron chi connectivity index (χ4n) is 2.79. The predicted octanol–water partition coefficient (Wildman–Crippen LogP) is 4.66. The molecule has 0 unspecified atom stereocenters. The molecule has 2 aromatic heterocycles. The summed E-state index contributed by atoms with van der Waals surface area (Å²) in [5, 5.41) is 4.08.